The molecule has 0 unspecified atom stereocenters. The van der Waals surface area contributed by atoms with Gasteiger partial charge in [-0.2, -0.15) is 0 Å². The molecule has 154 valence electrons. The minimum Gasteiger partial charge on any atom is -0.487 e. The molecule has 0 aliphatic carbocycles. The van der Waals surface area contributed by atoms with Crippen LogP contribution >= 0.6 is 27.3 Å². The maximum atomic E-state index is 12.4. The third kappa shape index (κ3) is 6.53. The first-order chi connectivity index (χ1) is 14.4. The van der Waals surface area contributed by atoms with Crippen LogP contribution in [0.25, 0.3) is 6.08 Å². The summed E-state index contributed by atoms with van der Waals surface area (Å²) in [6.45, 7) is 3.77. The standard InChI is InChI=1S/C22H20BrN3O3S/c1-14(27)24-20-8-7-17(23)11-21(20)26-22(28)9-6-16-4-3-5-19(10-16)29-12-18-13-30-15(2)25-18/h3-11,13H,12H2,1-2H3,(H,24,27)(H,26,28)/b9-6+. The molecule has 0 bridgehead atoms. The summed E-state index contributed by atoms with van der Waals surface area (Å²) in [4.78, 5) is 28.1. The molecule has 0 atom stereocenters. The van der Waals surface area contributed by atoms with Crippen LogP contribution in [0.1, 0.15) is 23.2 Å². The lowest BCUT2D eigenvalue weighted by atomic mass is 10.2. The van der Waals surface area contributed by atoms with Crippen molar-refractivity contribution in [3.63, 3.8) is 0 Å². The number of rotatable bonds is 7. The predicted molar refractivity (Wildman–Crippen MR) is 124 cm³/mol. The largest absolute Gasteiger partial charge is 0.487 e. The summed E-state index contributed by atoms with van der Waals surface area (Å²) in [5.41, 5.74) is 2.75. The fraction of sp³-hybridized carbons (Fsp3) is 0.136. The molecule has 2 aromatic carbocycles. The van der Waals surface area contributed by atoms with Crippen molar-refractivity contribution in [3.05, 3.63) is 74.7 Å². The van der Waals surface area contributed by atoms with Crippen molar-refractivity contribution in [1.82, 2.24) is 4.98 Å². The normalized spacial score (nSPS) is 10.8. The molecular formula is C22H20BrN3O3S. The number of thiazole rings is 1. The molecule has 6 nitrogen and oxygen atoms in total. The second-order valence-corrected chi connectivity index (χ2v) is 8.39. The summed E-state index contributed by atoms with van der Waals surface area (Å²) in [5, 5.41) is 8.45. The maximum Gasteiger partial charge on any atom is 0.248 e. The van der Waals surface area contributed by atoms with Crippen molar-refractivity contribution in [2.45, 2.75) is 20.5 Å². The average Bonchev–Trinajstić information content (AvgIpc) is 3.12. The lowest BCUT2D eigenvalue weighted by Gasteiger charge is -2.11. The number of nitrogens with one attached hydrogen (secondary N) is 2. The number of carbonyl (C=O) groups excluding carboxylic acids is 2. The molecular weight excluding hydrogens is 466 g/mol. The first-order valence-corrected chi connectivity index (χ1v) is 10.8. The number of aryl methyl sites for hydroxylation is 1. The number of anilines is 2. The predicted octanol–water partition coefficient (Wildman–Crippen LogP) is 5.40. The van der Waals surface area contributed by atoms with Gasteiger partial charge in [0.05, 0.1) is 22.1 Å². The van der Waals surface area contributed by atoms with Crippen LogP contribution in [0, 0.1) is 6.92 Å². The number of hydrogen-bond acceptors (Lipinski definition) is 5. The summed E-state index contributed by atoms with van der Waals surface area (Å²) in [6, 6.07) is 12.7. The number of amides is 2. The van der Waals surface area contributed by atoms with Crippen molar-refractivity contribution >= 4 is 56.5 Å². The second-order valence-electron chi connectivity index (χ2n) is 6.41. The minimum atomic E-state index is -0.316. The fourth-order valence-electron chi connectivity index (χ4n) is 2.60. The van der Waals surface area contributed by atoms with Crippen LogP contribution in [0.15, 0.2) is 58.4 Å². The third-order valence-electron chi connectivity index (χ3n) is 3.89. The summed E-state index contributed by atoms with van der Waals surface area (Å²) < 4.78 is 6.57. The quantitative estimate of drug-likeness (QED) is 0.438. The van der Waals surface area contributed by atoms with E-state index in [1.165, 1.54) is 13.0 Å². The van der Waals surface area contributed by atoms with Gasteiger partial charge in [0.25, 0.3) is 0 Å². The Morgan fingerprint density at radius 1 is 1.17 bits per heavy atom. The highest BCUT2D eigenvalue weighted by Gasteiger charge is 2.07. The monoisotopic (exact) mass is 485 g/mol. The van der Waals surface area contributed by atoms with Crippen LogP contribution in [-0.2, 0) is 16.2 Å². The van der Waals surface area contributed by atoms with Gasteiger partial charge < -0.3 is 15.4 Å². The Labute approximate surface area is 187 Å². The van der Waals surface area contributed by atoms with Crippen molar-refractivity contribution in [3.8, 4) is 5.75 Å². The van der Waals surface area contributed by atoms with E-state index in [1.807, 2.05) is 36.6 Å². The van der Waals surface area contributed by atoms with Gasteiger partial charge in [-0.25, -0.2) is 4.98 Å². The number of hydrogen-bond donors (Lipinski definition) is 2. The van der Waals surface area contributed by atoms with Gasteiger partial charge in [-0.1, -0.05) is 28.1 Å². The molecule has 1 heterocycles. The van der Waals surface area contributed by atoms with Crippen LogP contribution in [-0.4, -0.2) is 16.8 Å². The van der Waals surface area contributed by atoms with E-state index in [9.17, 15) is 9.59 Å². The Hall–Kier alpha value is -2.97. The number of aromatic nitrogens is 1. The Morgan fingerprint density at radius 2 is 2.00 bits per heavy atom. The van der Waals surface area contributed by atoms with Gasteiger partial charge in [0.15, 0.2) is 0 Å². The topological polar surface area (TPSA) is 80.3 Å². The molecule has 8 heteroatoms. The molecule has 0 aliphatic rings. The molecule has 0 radical (unpaired) electrons. The van der Waals surface area contributed by atoms with E-state index < -0.39 is 0 Å². The van der Waals surface area contributed by atoms with Crippen LogP contribution in [0.2, 0.25) is 0 Å². The van der Waals surface area contributed by atoms with Crippen LogP contribution in [0.5, 0.6) is 5.75 Å². The van der Waals surface area contributed by atoms with Gasteiger partial charge in [0, 0.05) is 22.9 Å². The van der Waals surface area contributed by atoms with E-state index in [-0.39, 0.29) is 11.8 Å². The molecule has 2 N–H and O–H groups in total. The lowest BCUT2D eigenvalue weighted by Crippen LogP contribution is -2.13. The maximum absolute atomic E-state index is 12.4. The van der Waals surface area contributed by atoms with E-state index >= 15 is 0 Å². The Bertz CT molecular complexity index is 1090. The number of carbonyl (C=O) groups is 2. The van der Waals surface area contributed by atoms with Crippen molar-refractivity contribution in [2.24, 2.45) is 0 Å². The van der Waals surface area contributed by atoms with Crippen LogP contribution in [0.3, 0.4) is 0 Å². The smallest absolute Gasteiger partial charge is 0.248 e. The van der Waals surface area contributed by atoms with E-state index in [4.69, 9.17) is 4.74 Å². The Balaban J connectivity index is 1.64. The zero-order valence-electron chi connectivity index (χ0n) is 16.4. The molecule has 1 aromatic heterocycles. The molecule has 2 amide bonds. The van der Waals surface area contributed by atoms with Crippen molar-refractivity contribution < 1.29 is 14.3 Å². The van der Waals surface area contributed by atoms with Gasteiger partial charge in [-0.05, 0) is 48.9 Å². The molecule has 3 aromatic rings. The minimum absolute atomic E-state index is 0.215. The molecule has 30 heavy (non-hydrogen) atoms. The zero-order chi connectivity index (χ0) is 21.5. The van der Waals surface area contributed by atoms with Gasteiger partial charge in [-0.3, -0.25) is 9.59 Å². The highest BCUT2D eigenvalue weighted by Crippen LogP contribution is 2.26. The summed E-state index contributed by atoms with van der Waals surface area (Å²) in [7, 11) is 0. The molecule has 0 fully saturated rings. The number of halogens is 1. The van der Waals surface area contributed by atoms with E-state index in [2.05, 4.69) is 31.5 Å². The highest BCUT2D eigenvalue weighted by molar-refractivity contribution is 9.10. The Kier molecular flexibility index (Phi) is 7.37. The molecule has 0 aliphatic heterocycles. The van der Waals surface area contributed by atoms with Gasteiger partial charge in [0.2, 0.25) is 11.8 Å². The number of ether oxygens (including phenoxy) is 1. The molecule has 0 saturated heterocycles. The lowest BCUT2D eigenvalue weighted by molar-refractivity contribution is -0.114. The molecule has 0 spiro atoms. The van der Waals surface area contributed by atoms with Gasteiger partial charge in [-0.15, -0.1) is 11.3 Å². The SMILES string of the molecule is CC(=O)Nc1ccc(Br)cc1NC(=O)/C=C/c1cccc(OCc2csc(C)n2)c1. The second kappa shape index (κ2) is 10.2. The third-order valence-corrected chi connectivity index (χ3v) is 5.20. The van der Waals surface area contributed by atoms with E-state index in [1.54, 1.807) is 35.6 Å². The fourth-order valence-corrected chi connectivity index (χ4v) is 3.56. The molecule has 0 saturated carbocycles. The average molecular weight is 486 g/mol. The van der Waals surface area contributed by atoms with Gasteiger partial charge in [0.1, 0.15) is 12.4 Å². The first kappa shape index (κ1) is 21.7. The van der Waals surface area contributed by atoms with Crippen molar-refractivity contribution in [1.29, 1.82) is 0 Å². The first-order valence-electron chi connectivity index (χ1n) is 9.09. The zero-order valence-corrected chi connectivity index (χ0v) is 18.8. The molecule has 3 rings (SSSR count). The van der Waals surface area contributed by atoms with Crippen LogP contribution in [0.4, 0.5) is 11.4 Å². The number of nitrogens with zero attached hydrogens (tertiary/aromatic N) is 1. The van der Waals surface area contributed by atoms with Crippen LogP contribution < -0.4 is 15.4 Å². The Morgan fingerprint density at radius 3 is 2.73 bits per heavy atom. The van der Waals surface area contributed by atoms with Crippen molar-refractivity contribution in [2.75, 3.05) is 10.6 Å². The van der Waals surface area contributed by atoms with Gasteiger partial charge >= 0.3 is 0 Å². The highest BCUT2D eigenvalue weighted by atomic mass is 79.9. The van der Waals surface area contributed by atoms with E-state index in [0.717, 1.165) is 20.7 Å². The summed E-state index contributed by atoms with van der Waals surface area (Å²) in [6.07, 6.45) is 3.13. The summed E-state index contributed by atoms with van der Waals surface area (Å²) in [5.74, 6) is 0.167. The summed E-state index contributed by atoms with van der Waals surface area (Å²) >= 11 is 4.96. The van der Waals surface area contributed by atoms with E-state index in [0.29, 0.717) is 23.7 Å². The number of benzene rings is 2.